The molecule has 1 fully saturated rings. The summed E-state index contributed by atoms with van der Waals surface area (Å²) in [6.07, 6.45) is 4.26. The molecule has 0 aliphatic heterocycles. The molecule has 0 heterocycles. The van der Waals surface area contributed by atoms with Crippen molar-refractivity contribution in [3.05, 3.63) is 65.2 Å². The van der Waals surface area contributed by atoms with E-state index in [0.717, 1.165) is 37.8 Å². The van der Waals surface area contributed by atoms with Gasteiger partial charge in [0, 0.05) is 11.8 Å². The third kappa shape index (κ3) is 3.56. The Kier molecular flexibility index (Phi) is 4.81. The third-order valence-electron chi connectivity index (χ3n) is 4.59. The van der Waals surface area contributed by atoms with Crippen LogP contribution in [0, 0.1) is 18.6 Å². The summed E-state index contributed by atoms with van der Waals surface area (Å²) < 4.78 is 26.4. The van der Waals surface area contributed by atoms with E-state index in [4.69, 9.17) is 12.2 Å². The highest BCUT2D eigenvalue weighted by Gasteiger charge is 2.36. The highest BCUT2D eigenvalue weighted by molar-refractivity contribution is 7.80. The van der Waals surface area contributed by atoms with E-state index in [1.165, 1.54) is 17.2 Å². The van der Waals surface area contributed by atoms with Gasteiger partial charge in [0.2, 0.25) is 0 Å². The molecule has 2 aromatic carbocycles. The van der Waals surface area contributed by atoms with Crippen molar-refractivity contribution in [2.75, 3.05) is 5.32 Å². The second-order valence-electron chi connectivity index (χ2n) is 6.36. The minimum absolute atomic E-state index is 0.198. The largest absolute Gasteiger partial charge is 0.353 e. The normalized spacial score (nSPS) is 16.0. The lowest BCUT2D eigenvalue weighted by Crippen LogP contribution is -2.45. The number of anilines is 1. The Bertz CT molecular complexity index is 738. The molecule has 0 amide bonds. The summed E-state index contributed by atoms with van der Waals surface area (Å²) in [5.41, 5.74) is 2.66. The fourth-order valence-electron chi connectivity index (χ4n) is 3.29. The van der Waals surface area contributed by atoms with E-state index >= 15 is 0 Å². The summed E-state index contributed by atoms with van der Waals surface area (Å²) in [5, 5.41) is 6.79. The Morgan fingerprint density at radius 1 is 1.00 bits per heavy atom. The van der Waals surface area contributed by atoms with Crippen LogP contribution in [0.15, 0.2) is 42.5 Å². The van der Waals surface area contributed by atoms with Crippen LogP contribution in [0.4, 0.5) is 14.5 Å². The molecule has 1 aliphatic rings. The topological polar surface area (TPSA) is 24.1 Å². The Labute approximate surface area is 146 Å². The van der Waals surface area contributed by atoms with Crippen LogP contribution in [0.1, 0.15) is 36.8 Å². The summed E-state index contributed by atoms with van der Waals surface area (Å²) >= 11 is 5.41. The van der Waals surface area contributed by atoms with Crippen LogP contribution in [0.25, 0.3) is 0 Å². The average Bonchev–Trinajstić information content (AvgIpc) is 3.01. The van der Waals surface area contributed by atoms with Gasteiger partial charge >= 0.3 is 0 Å². The molecule has 0 bridgehead atoms. The zero-order chi connectivity index (χ0) is 17.2. The predicted molar refractivity (Wildman–Crippen MR) is 97.0 cm³/mol. The third-order valence-corrected chi connectivity index (χ3v) is 4.80. The Balaban J connectivity index is 1.76. The number of nitrogens with one attached hydrogen (secondary N) is 2. The van der Waals surface area contributed by atoms with E-state index in [0.29, 0.717) is 10.8 Å². The van der Waals surface area contributed by atoms with Crippen molar-refractivity contribution in [1.82, 2.24) is 5.32 Å². The van der Waals surface area contributed by atoms with E-state index in [1.807, 2.05) is 0 Å². The molecule has 2 nitrogen and oxygen atoms in total. The van der Waals surface area contributed by atoms with Gasteiger partial charge in [-0.3, -0.25) is 0 Å². The van der Waals surface area contributed by atoms with Crippen LogP contribution < -0.4 is 10.6 Å². The lowest BCUT2D eigenvalue weighted by atomic mass is 9.88. The van der Waals surface area contributed by atoms with Gasteiger partial charge < -0.3 is 10.6 Å². The molecule has 126 valence electrons. The SMILES string of the molecule is Cc1ccc(C2(NC(=S)Nc3ccc(F)c(F)c3)CCCC2)cc1. The summed E-state index contributed by atoms with van der Waals surface area (Å²) in [5.74, 6) is -1.76. The molecule has 2 aromatic rings. The lowest BCUT2D eigenvalue weighted by molar-refractivity contribution is 0.408. The molecule has 2 N–H and O–H groups in total. The van der Waals surface area contributed by atoms with Gasteiger partial charge in [-0.15, -0.1) is 0 Å². The molecule has 0 aromatic heterocycles. The van der Waals surface area contributed by atoms with Crippen LogP contribution in [0.5, 0.6) is 0 Å². The molecule has 1 aliphatic carbocycles. The maximum absolute atomic E-state index is 13.3. The van der Waals surface area contributed by atoms with Crippen LogP contribution in [0.2, 0.25) is 0 Å². The minimum Gasteiger partial charge on any atom is -0.353 e. The fourth-order valence-corrected chi connectivity index (χ4v) is 3.60. The molecule has 0 unspecified atom stereocenters. The van der Waals surface area contributed by atoms with Crippen molar-refractivity contribution in [2.45, 2.75) is 38.1 Å². The number of rotatable bonds is 3. The molecule has 24 heavy (non-hydrogen) atoms. The summed E-state index contributed by atoms with van der Waals surface area (Å²) in [6.45, 7) is 2.06. The summed E-state index contributed by atoms with van der Waals surface area (Å²) in [6, 6.07) is 12.1. The number of thiocarbonyl (C=S) groups is 1. The van der Waals surface area contributed by atoms with E-state index in [9.17, 15) is 8.78 Å². The molecule has 0 saturated heterocycles. The molecular weight excluding hydrogens is 326 g/mol. The van der Waals surface area contributed by atoms with Crippen molar-refractivity contribution >= 4 is 23.0 Å². The zero-order valence-electron chi connectivity index (χ0n) is 13.5. The van der Waals surface area contributed by atoms with E-state index in [-0.39, 0.29) is 5.54 Å². The first-order valence-electron chi connectivity index (χ1n) is 8.10. The molecular formula is C19H20F2N2S. The van der Waals surface area contributed by atoms with Crippen molar-refractivity contribution in [2.24, 2.45) is 0 Å². The molecule has 1 saturated carbocycles. The molecule has 0 atom stereocenters. The number of aryl methyl sites for hydroxylation is 1. The van der Waals surface area contributed by atoms with Crippen molar-refractivity contribution < 1.29 is 8.78 Å². The van der Waals surface area contributed by atoms with Crippen molar-refractivity contribution in [3.63, 3.8) is 0 Å². The predicted octanol–water partition coefficient (Wildman–Crippen LogP) is 5.03. The highest BCUT2D eigenvalue weighted by atomic mass is 32.1. The molecule has 0 spiro atoms. The molecule has 0 radical (unpaired) electrons. The number of hydrogen-bond donors (Lipinski definition) is 2. The van der Waals surface area contributed by atoms with Gasteiger partial charge in [-0.25, -0.2) is 8.78 Å². The maximum atomic E-state index is 13.3. The van der Waals surface area contributed by atoms with Crippen LogP contribution in [-0.4, -0.2) is 5.11 Å². The highest BCUT2D eigenvalue weighted by Crippen LogP contribution is 2.38. The summed E-state index contributed by atoms with van der Waals surface area (Å²) in [7, 11) is 0. The maximum Gasteiger partial charge on any atom is 0.171 e. The Morgan fingerprint density at radius 2 is 1.67 bits per heavy atom. The number of halogens is 2. The second-order valence-corrected chi connectivity index (χ2v) is 6.77. The molecule has 5 heteroatoms. The van der Waals surface area contributed by atoms with E-state index in [1.54, 1.807) is 0 Å². The smallest absolute Gasteiger partial charge is 0.171 e. The van der Waals surface area contributed by atoms with Gasteiger partial charge in [-0.2, -0.15) is 0 Å². The average molecular weight is 346 g/mol. The number of hydrogen-bond acceptors (Lipinski definition) is 1. The first-order chi connectivity index (χ1) is 11.5. The zero-order valence-corrected chi connectivity index (χ0v) is 14.4. The van der Waals surface area contributed by atoms with Gasteiger partial charge in [0.1, 0.15) is 0 Å². The van der Waals surface area contributed by atoms with Crippen LogP contribution in [0.3, 0.4) is 0 Å². The standard InChI is InChI=1S/C19H20F2N2S/c1-13-4-6-14(7-5-13)19(10-2-3-11-19)23-18(24)22-15-8-9-16(20)17(21)12-15/h4-9,12H,2-3,10-11H2,1H3,(H2,22,23,24). The van der Waals surface area contributed by atoms with E-state index in [2.05, 4.69) is 41.8 Å². The lowest BCUT2D eigenvalue weighted by Gasteiger charge is -2.32. The quantitative estimate of drug-likeness (QED) is 0.762. The van der Waals surface area contributed by atoms with Crippen LogP contribution in [-0.2, 0) is 5.54 Å². The van der Waals surface area contributed by atoms with Crippen LogP contribution >= 0.6 is 12.2 Å². The minimum atomic E-state index is -0.892. The second kappa shape index (κ2) is 6.85. The monoisotopic (exact) mass is 346 g/mol. The Morgan fingerprint density at radius 3 is 2.29 bits per heavy atom. The van der Waals surface area contributed by atoms with Crippen molar-refractivity contribution in [1.29, 1.82) is 0 Å². The van der Waals surface area contributed by atoms with Gasteiger partial charge in [0.15, 0.2) is 16.7 Å². The van der Waals surface area contributed by atoms with Gasteiger partial charge in [-0.05, 0) is 49.7 Å². The van der Waals surface area contributed by atoms with Gasteiger partial charge in [0.25, 0.3) is 0 Å². The first-order valence-corrected chi connectivity index (χ1v) is 8.51. The van der Waals surface area contributed by atoms with Gasteiger partial charge in [0.05, 0.1) is 5.54 Å². The molecule has 3 rings (SSSR count). The van der Waals surface area contributed by atoms with Gasteiger partial charge in [-0.1, -0.05) is 42.7 Å². The van der Waals surface area contributed by atoms with E-state index < -0.39 is 11.6 Å². The number of benzene rings is 2. The first kappa shape index (κ1) is 16.8. The van der Waals surface area contributed by atoms with Crippen molar-refractivity contribution in [3.8, 4) is 0 Å². The summed E-state index contributed by atoms with van der Waals surface area (Å²) in [4.78, 5) is 0. The fraction of sp³-hybridized carbons (Fsp3) is 0.316. The Hall–Kier alpha value is -2.01.